The summed E-state index contributed by atoms with van der Waals surface area (Å²) < 4.78 is 5.47. The quantitative estimate of drug-likeness (QED) is 0.885. The van der Waals surface area contributed by atoms with Gasteiger partial charge in [0, 0.05) is 25.4 Å². The van der Waals surface area contributed by atoms with Crippen molar-refractivity contribution >= 4 is 17.6 Å². The van der Waals surface area contributed by atoms with Crippen LogP contribution in [0.1, 0.15) is 30.4 Å². The van der Waals surface area contributed by atoms with Crippen LogP contribution in [0.5, 0.6) is 0 Å². The lowest BCUT2D eigenvalue weighted by Gasteiger charge is -2.19. The number of anilines is 1. The van der Waals surface area contributed by atoms with Crippen LogP contribution in [-0.2, 0) is 9.53 Å². The number of amides is 3. The highest BCUT2D eigenvalue weighted by molar-refractivity contribution is 6.01. The largest absolute Gasteiger partial charge is 0.376 e. The summed E-state index contributed by atoms with van der Waals surface area (Å²) in [4.78, 5) is 26.3. The number of nitrogens with one attached hydrogen (secondary N) is 2. The van der Waals surface area contributed by atoms with Gasteiger partial charge in [-0.1, -0.05) is 6.07 Å². The average molecular weight is 331 g/mol. The molecule has 6 nitrogen and oxygen atoms in total. The Balaban J connectivity index is 1.54. The molecule has 0 spiro atoms. The molecule has 2 atom stereocenters. The molecule has 1 aromatic rings. The molecular weight excluding hydrogens is 306 g/mol. The van der Waals surface area contributed by atoms with Crippen LogP contribution in [0, 0.1) is 13.8 Å². The van der Waals surface area contributed by atoms with Crippen LogP contribution in [-0.4, -0.2) is 43.8 Å². The fraction of sp³-hybridized carbons (Fsp3) is 0.556. The van der Waals surface area contributed by atoms with Gasteiger partial charge < -0.3 is 20.3 Å². The van der Waals surface area contributed by atoms with E-state index in [0.717, 1.165) is 36.3 Å². The van der Waals surface area contributed by atoms with E-state index in [1.165, 1.54) is 0 Å². The molecule has 0 bridgehead atoms. The molecule has 24 heavy (non-hydrogen) atoms. The van der Waals surface area contributed by atoms with Gasteiger partial charge in [-0.05, 0) is 56.4 Å². The van der Waals surface area contributed by atoms with Gasteiger partial charge in [0.05, 0.1) is 6.10 Å². The summed E-state index contributed by atoms with van der Waals surface area (Å²) in [6, 6.07) is 5.33. The molecule has 0 saturated carbocycles. The van der Waals surface area contributed by atoms with Gasteiger partial charge in [-0.25, -0.2) is 4.79 Å². The number of aryl methyl sites for hydroxylation is 2. The highest BCUT2D eigenvalue weighted by Gasteiger charge is 2.33. The van der Waals surface area contributed by atoms with E-state index in [2.05, 4.69) is 16.7 Å². The van der Waals surface area contributed by atoms with Gasteiger partial charge in [-0.2, -0.15) is 0 Å². The summed E-state index contributed by atoms with van der Waals surface area (Å²) in [6.07, 6.45) is 2.74. The number of benzene rings is 1. The summed E-state index contributed by atoms with van der Waals surface area (Å²) in [6.45, 7) is 5.92. The van der Waals surface area contributed by atoms with E-state index < -0.39 is 6.04 Å². The van der Waals surface area contributed by atoms with Crippen molar-refractivity contribution < 1.29 is 14.3 Å². The number of carbonyl (C=O) groups excluding carboxylic acids is 2. The second kappa shape index (κ2) is 7.21. The third-order valence-electron chi connectivity index (χ3n) is 4.54. The SMILES string of the molecule is Cc1cc(C)cc(N2CC[C@H](NC(=O)NC[C@@H]3CCCO3)C2=O)c1. The highest BCUT2D eigenvalue weighted by Crippen LogP contribution is 2.24. The number of ether oxygens (including phenoxy) is 1. The Morgan fingerprint density at radius 3 is 2.67 bits per heavy atom. The van der Waals surface area contributed by atoms with E-state index in [1.807, 2.05) is 26.0 Å². The van der Waals surface area contributed by atoms with Crippen LogP contribution in [0.4, 0.5) is 10.5 Å². The first-order chi connectivity index (χ1) is 11.5. The van der Waals surface area contributed by atoms with Gasteiger partial charge in [-0.15, -0.1) is 0 Å². The molecule has 0 aliphatic carbocycles. The van der Waals surface area contributed by atoms with Gasteiger partial charge in [0.2, 0.25) is 5.91 Å². The molecule has 1 aromatic carbocycles. The fourth-order valence-corrected chi connectivity index (χ4v) is 3.40. The van der Waals surface area contributed by atoms with Crippen LogP contribution >= 0.6 is 0 Å². The van der Waals surface area contributed by atoms with E-state index in [0.29, 0.717) is 19.5 Å². The summed E-state index contributed by atoms with van der Waals surface area (Å²) in [5.41, 5.74) is 3.16. The van der Waals surface area contributed by atoms with Crippen LogP contribution < -0.4 is 15.5 Å². The van der Waals surface area contributed by atoms with Crippen molar-refractivity contribution in [1.82, 2.24) is 10.6 Å². The zero-order valence-electron chi connectivity index (χ0n) is 14.3. The summed E-state index contributed by atoms with van der Waals surface area (Å²) in [7, 11) is 0. The summed E-state index contributed by atoms with van der Waals surface area (Å²) in [5.74, 6) is -0.0488. The normalized spacial score (nSPS) is 23.6. The van der Waals surface area contributed by atoms with Crippen molar-refractivity contribution in [3.05, 3.63) is 29.3 Å². The molecule has 2 fully saturated rings. The zero-order valence-corrected chi connectivity index (χ0v) is 14.3. The lowest BCUT2D eigenvalue weighted by atomic mass is 10.1. The summed E-state index contributed by atoms with van der Waals surface area (Å²) in [5, 5.41) is 5.58. The molecule has 2 saturated heterocycles. The minimum absolute atomic E-state index is 0.0488. The van der Waals surface area contributed by atoms with Crippen molar-refractivity contribution in [2.75, 3.05) is 24.6 Å². The van der Waals surface area contributed by atoms with Crippen molar-refractivity contribution in [3.63, 3.8) is 0 Å². The van der Waals surface area contributed by atoms with Gasteiger partial charge in [-0.3, -0.25) is 4.79 Å². The van der Waals surface area contributed by atoms with Gasteiger partial charge in [0.15, 0.2) is 0 Å². The van der Waals surface area contributed by atoms with E-state index in [9.17, 15) is 9.59 Å². The minimum atomic E-state index is -0.463. The monoisotopic (exact) mass is 331 g/mol. The topological polar surface area (TPSA) is 70.7 Å². The van der Waals surface area contributed by atoms with Crippen LogP contribution in [0.3, 0.4) is 0 Å². The second-order valence-corrected chi connectivity index (χ2v) is 6.67. The molecule has 2 aliphatic heterocycles. The van der Waals surface area contributed by atoms with Crippen molar-refractivity contribution in [1.29, 1.82) is 0 Å². The maximum Gasteiger partial charge on any atom is 0.315 e. The van der Waals surface area contributed by atoms with Crippen LogP contribution in [0.25, 0.3) is 0 Å². The Bertz CT molecular complexity index is 606. The average Bonchev–Trinajstić information content (AvgIpc) is 3.15. The fourth-order valence-electron chi connectivity index (χ4n) is 3.40. The Labute approximate surface area is 142 Å². The van der Waals surface area contributed by atoms with Gasteiger partial charge >= 0.3 is 6.03 Å². The molecule has 130 valence electrons. The zero-order chi connectivity index (χ0) is 17.1. The van der Waals surface area contributed by atoms with E-state index >= 15 is 0 Å². The Kier molecular flexibility index (Phi) is 5.04. The highest BCUT2D eigenvalue weighted by atomic mass is 16.5. The Morgan fingerprint density at radius 1 is 1.25 bits per heavy atom. The smallest absolute Gasteiger partial charge is 0.315 e. The maximum atomic E-state index is 12.6. The number of urea groups is 1. The molecular formula is C18H25N3O3. The molecule has 2 N–H and O–H groups in total. The molecule has 0 radical (unpaired) electrons. The summed E-state index contributed by atoms with van der Waals surface area (Å²) >= 11 is 0. The molecule has 6 heteroatoms. The Morgan fingerprint density at radius 2 is 2.00 bits per heavy atom. The minimum Gasteiger partial charge on any atom is -0.376 e. The van der Waals surface area contributed by atoms with E-state index in [-0.39, 0.29) is 18.0 Å². The third kappa shape index (κ3) is 3.87. The molecule has 0 aromatic heterocycles. The van der Waals surface area contributed by atoms with Crippen LogP contribution in [0.15, 0.2) is 18.2 Å². The first-order valence-electron chi connectivity index (χ1n) is 8.58. The predicted octanol–water partition coefficient (Wildman–Crippen LogP) is 1.89. The standard InChI is InChI=1S/C18H25N3O3/c1-12-8-13(2)10-14(9-12)21-6-5-16(17(21)22)20-18(23)19-11-15-4-3-7-24-15/h8-10,15-16H,3-7,11H2,1-2H3,(H2,19,20,23)/t15-,16-/m0/s1. The number of hydrogen-bond donors (Lipinski definition) is 2. The van der Waals surface area contributed by atoms with Gasteiger partial charge in [0.1, 0.15) is 6.04 Å². The number of rotatable bonds is 4. The Hall–Kier alpha value is -2.08. The number of hydrogen-bond acceptors (Lipinski definition) is 3. The third-order valence-corrected chi connectivity index (χ3v) is 4.54. The molecule has 3 amide bonds. The second-order valence-electron chi connectivity index (χ2n) is 6.67. The maximum absolute atomic E-state index is 12.6. The number of nitrogens with zero attached hydrogens (tertiary/aromatic N) is 1. The first kappa shape index (κ1) is 16.8. The van der Waals surface area contributed by atoms with Crippen molar-refractivity contribution in [3.8, 4) is 0 Å². The van der Waals surface area contributed by atoms with E-state index in [1.54, 1.807) is 4.90 Å². The molecule has 0 unspecified atom stereocenters. The van der Waals surface area contributed by atoms with Gasteiger partial charge in [0.25, 0.3) is 0 Å². The number of carbonyl (C=O) groups is 2. The van der Waals surface area contributed by atoms with E-state index in [4.69, 9.17) is 4.74 Å². The predicted molar refractivity (Wildman–Crippen MR) is 92.2 cm³/mol. The molecule has 3 rings (SSSR count). The molecule has 2 heterocycles. The lowest BCUT2D eigenvalue weighted by molar-refractivity contribution is -0.118. The lowest BCUT2D eigenvalue weighted by Crippen LogP contribution is -2.47. The van der Waals surface area contributed by atoms with Crippen molar-refractivity contribution in [2.24, 2.45) is 0 Å². The first-order valence-corrected chi connectivity index (χ1v) is 8.58. The van der Waals surface area contributed by atoms with Crippen LogP contribution in [0.2, 0.25) is 0 Å². The van der Waals surface area contributed by atoms with Crippen molar-refractivity contribution in [2.45, 2.75) is 45.3 Å². The molecule has 2 aliphatic rings.